The Balaban J connectivity index is 1.83. The largest absolute Gasteiger partial charge is 0.479 e. The van der Waals surface area contributed by atoms with Gasteiger partial charge in [0.05, 0.1) is 16.7 Å². The summed E-state index contributed by atoms with van der Waals surface area (Å²) in [6.07, 6.45) is 6.06. The average molecular weight is 370 g/mol. The fraction of sp³-hybridized carbons (Fsp3) is 0.263. The Labute approximate surface area is 155 Å². The van der Waals surface area contributed by atoms with Crippen LogP contribution in [0, 0.1) is 5.41 Å². The minimum atomic E-state index is -1.54. The van der Waals surface area contributed by atoms with E-state index in [-0.39, 0.29) is 11.9 Å². The van der Waals surface area contributed by atoms with Gasteiger partial charge in [-0.05, 0) is 49.9 Å². The maximum Gasteiger partial charge on any atom is 0.193 e. The highest BCUT2D eigenvalue weighted by Crippen LogP contribution is 2.22. The highest BCUT2D eigenvalue weighted by molar-refractivity contribution is 7.82. The maximum atomic E-state index is 11.4. The molecule has 3 N–H and O–H groups in total. The maximum absolute atomic E-state index is 11.4. The van der Waals surface area contributed by atoms with E-state index in [1.165, 1.54) is 24.3 Å². The molecule has 26 heavy (non-hydrogen) atoms. The van der Waals surface area contributed by atoms with Crippen molar-refractivity contribution in [3.05, 3.63) is 60.2 Å². The molecule has 1 aliphatic rings. The van der Waals surface area contributed by atoms with Gasteiger partial charge in [0.2, 0.25) is 0 Å². The van der Waals surface area contributed by atoms with Crippen molar-refractivity contribution in [2.45, 2.75) is 36.7 Å². The molecular weight excluding hydrogens is 348 g/mol. The number of benzene rings is 2. The zero-order valence-corrected chi connectivity index (χ0v) is 15.2. The average Bonchev–Trinajstić information content (AvgIpc) is 3.19. The van der Waals surface area contributed by atoms with Gasteiger partial charge in [-0.25, -0.2) is 14.4 Å². The Morgan fingerprint density at radius 2 is 1.81 bits per heavy atom. The van der Waals surface area contributed by atoms with Crippen LogP contribution in [0.15, 0.2) is 64.6 Å². The third kappa shape index (κ3) is 4.56. The molecule has 2 aromatic carbocycles. The predicted octanol–water partition coefficient (Wildman–Crippen LogP) is 3.40. The van der Waals surface area contributed by atoms with Gasteiger partial charge in [-0.1, -0.05) is 30.3 Å². The van der Waals surface area contributed by atoms with Gasteiger partial charge in [0.1, 0.15) is 11.0 Å². The van der Waals surface area contributed by atoms with E-state index in [9.17, 15) is 4.21 Å². The zero-order chi connectivity index (χ0) is 18.4. The molecule has 6 nitrogen and oxygen atoms in total. The van der Waals surface area contributed by atoms with Crippen molar-refractivity contribution in [2.75, 3.05) is 5.01 Å². The van der Waals surface area contributed by atoms with E-state index < -0.39 is 11.0 Å². The first-order valence-electron chi connectivity index (χ1n) is 8.53. The van der Waals surface area contributed by atoms with Gasteiger partial charge < -0.3 is 4.74 Å². The molecular formula is C19H22N4O2S. The number of rotatable bonds is 6. The van der Waals surface area contributed by atoms with E-state index in [0.717, 1.165) is 18.4 Å². The minimum Gasteiger partial charge on any atom is -0.479 e. The first-order valence-corrected chi connectivity index (χ1v) is 9.74. The summed E-state index contributed by atoms with van der Waals surface area (Å²) >= 11 is 0. The Bertz CT molecular complexity index is 787. The summed E-state index contributed by atoms with van der Waals surface area (Å²) in [5, 5.41) is 19.8. The van der Waals surface area contributed by atoms with Crippen LogP contribution >= 0.6 is 0 Å². The summed E-state index contributed by atoms with van der Waals surface area (Å²) in [5.41, 5.74) is 1.40. The van der Waals surface area contributed by atoms with Crippen LogP contribution in [0.3, 0.4) is 0 Å². The van der Waals surface area contributed by atoms with Crippen LogP contribution < -0.4 is 10.1 Å². The minimum absolute atomic E-state index is 0.202. The number of nitrogens with one attached hydrogen (secondary N) is 1. The molecule has 1 unspecified atom stereocenters. The summed E-state index contributed by atoms with van der Waals surface area (Å²) in [6, 6.07) is 16.2. The van der Waals surface area contributed by atoms with Crippen LogP contribution in [-0.2, 0) is 15.7 Å². The molecule has 7 heteroatoms. The van der Waals surface area contributed by atoms with Gasteiger partial charge in [0, 0.05) is 5.56 Å². The van der Waals surface area contributed by atoms with Crippen molar-refractivity contribution >= 4 is 28.9 Å². The van der Waals surface area contributed by atoms with Crippen molar-refractivity contribution in [3.8, 4) is 0 Å². The second-order valence-electron chi connectivity index (χ2n) is 6.08. The molecule has 0 heterocycles. The van der Waals surface area contributed by atoms with Gasteiger partial charge in [0.25, 0.3) is 0 Å². The SMILES string of the molecule is N=C(c1ccccc1)N(/N=C/OC1CCCC1)c1ccc(S(N)=O)cc1. The summed E-state index contributed by atoms with van der Waals surface area (Å²) < 4.78 is 17.1. The monoisotopic (exact) mass is 370 g/mol. The highest BCUT2D eigenvalue weighted by atomic mass is 32.2. The molecule has 0 bridgehead atoms. The van der Waals surface area contributed by atoms with E-state index in [0.29, 0.717) is 10.6 Å². The van der Waals surface area contributed by atoms with Crippen molar-refractivity contribution in [2.24, 2.45) is 10.2 Å². The fourth-order valence-corrected chi connectivity index (χ4v) is 3.28. The predicted molar refractivity (Wildman–Crippen MR) is 105 cm³/mol. The Morgan fingerprint density at radius 1 is 1.15 bits per heavy atom. The van der Waals surface area contributed by atoms with Gasteiger partial charge in [-0.15, -0.1) is 5.10 Å². The lowest BCUT2D eigenvalue weighted by Crippen LogP contribution is -2.26. The van der Waals surface area contributed by atoms with E-state index >= 15 is 0 Å². The van der Waals surface area contributed by atoms with Gasteiger partial charge in [-0.3, -0.25) is 5.41 Å². The van der Waals surface area contributed by atoms with Crippen LogP contribution in [0.2, 0.25) is 0 Å². The van der Waals surface area contributed by atoms with Crippen molar-refractivity contribution in [1.82, 2.24) is 0 Å². The van der Waals surface area contributed by atoms with Crippen molar-refractivity contribution in [1.29, 1.82) is 5.41 Å². The molecule has 0 saturated heterocycles. The molecule has 3 rings (SSSR count). The van der Waals surface area contributed by atoms with Crippen LogP contribution in [0.25, 0.3) is 0 Å². The van der Waals surface area contributed by atoms with Crippen LogP contribution in [0.1, 0.15) is 31.2 Å². The molecule has 0 aliphatic heterocycles. The Morgan fingerprint density at radius 3 is 2.42 bits per heavy atom. The molecule has 0 radical (unpaired) electrons. The van der Waals surface area contributed by atoms with E-state index in [2.05, 4.69) is 5.10 Å². The van der Waals surface area contributed by atoms with E-state index in [4.69, 9.17) is 15.3 Å². The zero-order valence-electron chi connectivity index (χ0n) is 14.4. The normalized spacial score (nSPS) is 15.9. The third-order valence-electron chi connectivity index (χ3n) is 4.29. The number of ether oxygens (including phenoxy) is 1. The number of nitrogens with zero attached hydrogens (tertiary/aromatic N) is 2. The Kier molecular flexibility index (Phi) is 6.14. The lowest BCUT2D eigenvalue weighted by atomic mass is 10.2. The first-order chi connectivity index (χ1) is 12.6. The second kappa shape index (κ2) is 8.73. The summed E-state index contributed by atoms with van der Waals surface area (Å²) in [5.74, 6) is 0.221. The lowest BCUT2D eigenvalue weighted by molar-refractivity contribution is 0.207. The second-order valence-corrected chi connectivity index (χ2v) is 7.15. The Hall–Kier alpha value is -2.51. The third-order valence-corrected chi connectivity index (χ3v) is 5.03. The fourth-order valence-electron chi connectivity index (χ4n) is 2.88. The molecule has 1 fully saturated rings. The van der Waals surface area contributed by atoms with Gasteiger partial charge >= 0.3 is 0 Å². The van der Waals surface area contributed by atoms with Gasteiger partial charge in [0.15, 0.2) is 12.2 Å². The molecule has 1 aliphatic carbocycles. The van der Waals surface area contributed by atoms with Crippen LogP contribution in [0.4, 0.5) is 5.69 Å². The smallest absolute Gasteiger partial charge is 0.193 e. The molecule has 2 aromatic rings. The molecule has 136 valence electrons. The topological polar surface area (TPSA) is 91.8 Å². The number of nitrogens with two attached hydrogens (primary N) is 1. The molecule has 1 saturated carbocycles. The summed E-state index contributed by atoms with van der Waals surface area (Å²) in [7, 11) is -1.54. The molecule has 0 amide bonds. The molecule has 0 spiro atoms. The van der Waals surface area contributed by atoms with E-state index in [1.54, 1.807) is 24.3 Å². The quantitative estimate of drug-likeness (QED) is 0.464. The summed E-state index contributed by atoms with van der Waals surface area (Å²) in [4.78, 5) is 0.520. The molecule has 0 aromatic heterocycles. The number of hydrazone groups is 1. The highest BCUT2D eigenvalue weighted by Gasteiger charge is 2.16. The number of hydrogen-bond donors (Lipinski definition) is 2. The van der Waals surface area contributed by atoms with Crippen molar-refractivity contribution < 1.29 is 8.95 Å². The first kappa shape index (κ1) is 18.3. The number of amidine groups is 1. The van der Waals surface area contributed by atoms with Crippen LogP contribution in [0.5, 0.6) is 0 Å². The lowest BCUT2D eigenvalue weighted by Gasteiger charge is -2.20. The number of anilines is 1. The van der Waals surface area contributed by atoms with Gasteiger partial charge in [-0.2, -0.15) is 0 Å². The van der Waals surface area contributed by atoms with Crippen molar-refractivity contribution in [3.63, 3.8) is 0 Å². The summed E-state index contributed by atoms with van der Waals surface area (Å²) in [6.45, 7) is 0. The number of hydrogen-bond acceptors (Lipinski definition) is 4. The van der Waals surface area contributed by atoms with E-state index in [1.807, 2.05) is 30.3 Å². The van der Waals surface area contributed by atoms with Crippen LogP contribution in [-0.4, -0.2) is 22.5 Å². The molecule has 1 atom stereocenters. The standard InChI is InChI=1S/C19H22N4O2S/c20-19(15-6-2-1-3-7-15)23(22-14-25-17-8-4-5-9-17)16-10-12-18(13-11-16)26(21)24/h1-3,6-7,10-14,17,20H,4-5,8-9,21H2/b20-19?,22-14+.